The molecular formula is C12H10N2O2. The Kier molecular flexibility index (Phi) is 1.89. The van der Waals surface area contributed by atoms with Crippen molar-refractivity contribution < 1.29 is 9.90 Å². The molecule has 16 heavy (non-hydrogen) atoms. The number of hydrogen-bond donors (Lipinski definition) is 1. The summed E-state index contributed by atoms with van der Waals surface area (Å²) in [5.41, 5.74) is 3.21. The number of aromatic nitrogens is 2. The summed E-state index contributed by atoms with van der Waals surface area (Å²) in [4.78, 5) is 19.4. The molecule has 0 bridgehead atoms. The second-order valence-electron chi connectivity index (χ2n) is 4.02. The van der Waals surface area contributed by atoms with Gasteiger partial charge in [-0.2, -0.15) is 0 Å². The minimum atomic E-state index is -0.949. The first-order chi connectivity index (χ1) is 7.74. The van der Waals surface area contributed by atoms with Crippen molar-refractivity contribution in [3.05, 3.63) is 35.2 Å². The van der Waals surface area contributed by atoms with Crippen molar-refractivity contribution >= 4 is 17.0 Å². The second kappa shape index (κ2) is 3.27. The van der Waals surface area contributed by atoms with Crippen LogP contribution in [0.4, 0.5) is 0 Å². The zero-order valence-corrected chi connectivity index (χ0v) is 8.60. The molecule has 4 nitrogen and oxygen atoms in total. The third kappa shape index (κ3) is 1.34. The lowest BCUT2D eigenvalue weighted by Crippen LogP contribution is -1.99. The van der Waals surface area contributed by atoms with Gasteiger partial charge in [0.2, 0.25) is 0 Å². The van der Waals surface area contributed by atoms with E-state index in [2.05, 4.69) is 9.97 Å². The Bertz CT molecular complexity index is 593. The number of fused-ring (bicyclic) bond motifs is 2. The lowest BCUT2D eigenvalue weighted by molar-refractivity contribution is 0.0696. The average Bonchev–Trinajstić information content (AvgIpc) is 2.71. The molecule has 2 aromatic rings. The number of carboxylic acids is 1. The Hall–Kier alpha value is -1.97. The van der Waals surface area contributed by atoms with Crippen molar-refractivity contribution in [2.45, 2.75) is 19.3 Å². The molecule has 0 amide bonds. The monoisotopic (exact) mass is 214 g/mol. The van der Waals surface area contributed by atoms with Crippen LogP contribution in [0.5, 0.6) is 0 Å². The normalized spacial score (nSPS) is 14.0. The van der Waals surface area contributed by atoms with Gasteiger partial charge in [0.25, 0.3) is 0 Å². The first kappa shape index (κ1) is 9.27. The lowest BCUT2D eigenvalue weighted by Gasteiger charge is -2.02. The fourth-order valence-corrected chi connectivity index (χ4v) is 2.14. The van der Waals surface area contributed by atoms with Crippen molar-refractivity contribution in [2.75, 3.05) is 0 Å². The molecule has 0 atom stereocenters. The summed E-state index contributed by atoms with van der Waals surface area (Å²) in [6, 6.07) is 3.65. The Morgan fingerprint density at radius 2 is 2.19 bits per heavy atom. The van der Waals surface area contributed by atoms with E-state index in [1.807, 2.05) is 6.07 Å². The summed E-state index contributed by atoms with van der Waals surface area (Å²) in [7, 11) is 0. The molecule has 80 valence electrons. The van der Waals surface area contributed by atoms with Gasteiger partial charge < -0.3 is 5.11 Å². The fourth-order valence-electron chi connectivity index (χ4n) is 2.14. The highest BCUT2D eigenvalue weighted by Gasteiger charge is 2.14. The summed E-state index contributed by atoms with van der Waals surface area (Å²) in [5.74, 6) is -0.949. The molecule has 1 aliphatic carbocycles. The minimum absolute atomic E-state index is 0.215. The maximum Gasteiger partial charge on any atom is 0.337 e. The number of hydrogen-bond acceptors (Lipinski definition) is 3. The van der Waals surface area contributed by atoms with Crippen molar-refractivity contribution in [2.24, 2.45) is 0 Å². The van der Waals surface area contributed by atoms with E-state index < -0.39 is 5.97 Å². The summed E-state index contributed by atoms with van der Waals surface area (Å²) in [6.07, 6.45) is 4.53. The third-order valence-corrected chi connectivity index (χ3v) is 2.94. The Balaban J connectivity index is 2.24. The molecule has 2 aromatic heterocycles. The molecule has 0 aromatic carbocycles. The fraction of sp³-hybridized carbons (Fsp3) is 0.250. The van der Waals surface area contributed by atoms with Gasteiger partial charge in [-0.25, -0.2) is 14.8 Å². The number of rotatable bonds is 1. The number of carbonyl (C=O) groups is 1. The number of carboxylic acid groups (broad SMARTS) is 1. The first-order valence-corrected chi connectivity index (χ1v) is 5.26. The molecule has 0 fully saturated rings. The van der Waals surface area contributed by atoms with Gasteiger partial charge in [0, 0.05) is 17.3 Å². The van der Waals surface area contributed by atoms with E-state index in [4.69, 9.17) is 5.11 Å². The largest absolute Gasteiger partial charge is 0.478 e. The molecule has 1 N–H and O–H groups in total. The summed E-state index contributed by atoms with van der Waals surface area (Å²) in [5, 5.41) is 9.70. The molecule has 0 saturated heterocycles. The van der Waals surface area contributed by atoms with Crippen LogP contribution in [-0.2, 0) is 12.8 Å². The van der Waals surface area contributed by atoms with E-state index in [1.54, 1.807) is 6.07 Å². The van der Waals surface area contributed by atoms with E-state index in [1.165, 1.54) is 11.8 Å². The van der Waals surface area contributed by atoms with E-state index >= 15 is 0 Å². The average molecular weight is 214 g/mol. The van der Waals surface area contributed by atoms with E-state index in [9.17, 15) is 4.79 Å². The first-order valence-electron chi connectivity index (χ1n) is 5.26. The minimum Gasteiger partial charge on any atom is -0.478 e. The maximum atomic E-state index is 10.8. The molecule has 1 aliphatic rings. The van der Waals surface area contributed by atoms with Crippen molar-refractivity contribution in [1.82, 2.24) is 9.97 Å². The predicted molar refractivity (Wildman–Crippen MR) is 58.5 cm³/mol. The van der Waals surface area contributed by atoms with Gasteiger partial charge in [0.05, 0.1) is 5.56 Å². The van der Waals surface area contributed by atoms with Crippen LogP contribution in [0.2, 0.25) is 0 Å². The van der Waals surface area contributed by atoms with Gasteiger partial charge in [-0.1, -0.05) is 0 Å². The van der Waals surface area contributed by atoms with Gasteiger partial charge >= 0.3 is 5.97 Å². The molecule has 0 saturated carbocycles. The van der Waals surface area contributed by atoms with Crippen LogP contribution in [0, 0.1) is 0 Å². The maximum absolute atomic E-state index is 10.8. The van der Waals surface area contributed by atoms with E-state index in [-0.39, 0.29) is 5.56 Å². The van der Waals surface area contributed by atoms with Gasteiger partial charge in [-0.15, -0.1) is 0 Å². The molecule has 0 spiro atoms. The zero-order valence-electron chi connectivity index (χ0n) is 8.60. The molecule has 0 aliphatic heterocycles. The van der Waals surface area contributed by atoms with Crippen LogP contribution in [0.15, 0.2) is 18.3 Å². The molecule has 4 heteroatoms. The number of pyridine rings is 2. The quantitative estimate of drug-likeness (QED) is 0.786. The number of nitrogens with zero attached hydrogens (tertiary/aromatic N) is 2. The zero-order chi connectivity index (χ0) is 11.1. The van der Waals surface area contributed by atoms with Crippen molar-refractivity contribution in [3.63, 3.8) is 0 Å². The van der Waals surface area contributed by atoms with Crippen molar-refractivity contribution in [1.29, 1.82) is 0 Å². The molecular weight excluding hydrogens is 204 g/mol. The number of aryl methyl sites for hydroxylation is 2. The van der Waals surface area contributed by atoms with E-state index in [0.717, 1.165) is 30.3 Å². The highest BCUT2D eigenvalue weighted by Crippen LogP contribution is 2.23. The lowest BCUT2D eigenvalue weighted by atomic mass is 10.1. The SMILES string of the molecule is O=C(O)c1cnc2nc3c(cc2c1)CCC3. The van der Waals surface area contributed by atoms with Crippen LogP contribution in [-0.4, -0.2) is 21.0 Å². The Morgan fingerprint density at radius 1 is 1.31 bits per heavy atom. The smallest absolute Gasteiger partial charge is 0.337 e. The highest BCUT2D eigenvalue weighted by molar-refractivity contribution is 5.91. The predicted octanol–water partition coefficient (Wildman–Crippen LogP) is 1.82. The van der Waals surface area contributed by atoms with Crippen molar-refractivity contribution in [3.8, 4) is 0 Å². The van der Waals surface area contributed by atoms with Crippen LogP contribution in [0.1, 0.15) is 28.0 Å². The highest BCUT2D eigenvalue weighted by atomic mass is 16.4. The van der Waals surface area contributed by atoms with Crippen LogP contribution in [0.25, 0.3) is 11.0 Å². The summed E-state index contributed by atoms with van der Waals surface area (Å²) in [6.45, 7) is 0. The van der Waals surface area contributed by atoms with Gasteiger partial charge in [0.1, 0.15) is 0 Å². The van der Waals surface area contributed by atoms with Crippen LogP contribution < -0.4 is 0 Å². The van der Waals surface area contributed by atoms with Gasteiger partial charge in [-0.05, 0) is 37.0 Å². The van der Waals surface area contributed by atoms with Crippen LogP contribution >= 0.6 is 0 Å². The van der Waals surface area contributed by atoms with Gasteiger partial charge in [0.15, 0.2) is 5.65 Å². The number of aromatic carboxylic acids is 1. The van der Waals surface area contributed by atoms with E-state index in [0.29, 0.717) is 5.65 Å². The molecule has 0 unspecified atom stereocenters. The molecule has 0 radical (unpaired) electrons. The molecule has 2 heterocycles. The Morgan fingerprint density at radius 3 is 3.00 bits per heavy atom. The van der Waals surface area contributed by atoms with Gasteiger partial charge in [-0.3, -0.25) is 0 Å². The second-order valence-corrected chi connectivity index (χ2v) is 4.02. The Labute approximate surface area is 92.0 Å². The van der Waals surface area contributed by atoms with Crippen LogP contribution in [0.3, 0.4) is 0 Å². The third-order valence-electron chi connectivity index (χ3n) is 2.94. The topological polar surface area (TPSA) is 63.1 Å². The molecule has 3 rings (SSSR count). The summed E-state index contributed by atoms with van der Waals surface area (Å²) >= 11 is 0. The summed E-state index contributed by atoms with van der Waals surface area (Å²) < 4.78 is 0. The standard InChI is InChI=1S/C12H10N2O2/c15-12(16)9-5-8-4-7-2-1-3-10(7)14-11(8)13-6-9/h4-6H,1-3H2,(H,15,16).